The molecule has 0 aromatic rings. The zero-order chi connectivity index (χ0) is 9.78. The van der Waals surface area contributed by atoms with E-state index in [1.54, 1.807) is 0 Å². The van der Waals surface area contributed by atoms with Gasteiger partial charge in [-0.2, -0.15) is 0 Å². The number of carbonyl (C=O) groups excluding carboxylic acids is 1. The molecule has 3 N–H and O–H groups in total. The van der Waals surface area contributed by atoms with Gasteiger partial charge in [0.25, 0.3) is 0 Å². The van der Waals surface area contributed by atoms with E-state index >= 15 is 0 Å². The van der Waals surface area contributed by atoms with Crippen molar-refractivity contribution in [1.29, 1.82) is 0 Å². The van der Waals surface area contributed by atoms with Crippen molar-refractivity contribution in [1.82, 2.24) is 5.32 Å². The first-order chi connectivity index (χ1) is 5.33. The number of nitrogens with two attached hydrogens (primary N) is 1. The van der Waals surface area contributed by atoms with Crippen LogP contribution in [0.4, 0.5) is 0 Å². The van der Waals surface area contributed by atoms with Gasteiger partial charge in [0.05, 0.1) is 0 Å². The number of hydrogen-bond acceptors (Lipinski definition) is 2. The minimum absolute atomic E-state index is 0.289. The lowest BCUT2D eigenvalue weighted by molar-refractivity contribution is -0.119. The van der Waals surface area contributed by atoms with Gasteiger partial charge in [-0.1, -0.05) is 18.2 Å². The molecule has 0 aliphatic carbocycles. The average Bonchev–Trinajstić information content (AvgIpc) is 1.81. The SMILES string of the molecule is C=C(Cl)CNC(C)(C)CC(N)=O. The van der Waals surface area contributed by atoms with Crippen LogP contribution in [0.15, 0.2) is 11.6 Å². The Labute approximate surface area is 78.0 Å². The van der Waals surface area contributed by atoms with E-state index in [0.29, 0.717) is 11.6 Å². The summed E-state index contributed by atoms with van der Waals surface area (Å²) in [6.45, 7) is 7.79. The second-order valence-corrected chi connectivity index (χ2v) is 3.93. The summed E-state index contributed by atoms with van der Waals surface area (Å²) < 4.78 is 0. The largest absolute Gasteiger partial charge is 0.370 e. The van der Waals surface area contributed by atoms with Gasteiger partial charge in [-0.05, 0) is 13.8 Å². The first-order valence-electron chi connectivity index (χ1n) is 3.70. The molecule has 0 fully saturated rings. The fourth-order valence-corrected chi connectivity index (χ4v) is 0.900. The van der Waals surface area contributed by atoms with E-state index in [9.17, 15) is 4.79 Å². The van der Waals surface area contributed by atoms with E-state index in [4.69, 9.17) is 17.3 Å². The fraction of sp³-hybridized carbons (Fsp3) is 0.625. The molecule has 0 aliphatic rings. The number of amides is 1. The van der Waals surface area contributed by atoms with Crippen LogP contribution in [-0.4, -0.2) is 18.0 Å². The van der Waals surface area contributed by atoms with Crippen LogP contribution < -0.4 is 11.1 Å². The first kappa shape index (κ1) is 11.5. The summed E-state index contributed by atoms with van der Waals surface area (Å²) in [5.74, 6) is -0.326. The topological polar surface area (TPSA) is 55.1 Å². The maximum Gasteiger partial charge on any atom is 0.219 e. The van der Waals surface area contributed by atoms with Crippen molar-refractivity contribution in [2.24, 2.45) is 5.73 Å². The predicted molar refractivity (Wildman–Crippen MR) is 50.9 cm³/mol. The van der Waals surface area contributed by atoms with Crippen molar-refractivity contribution in [3.8, 4) is 0 Å². The Balaban J connectivity index is 3.86. The van der Waals surface area contributed by atoms with Crippen molar-refractivity contribution in [3.63, 3.8) is 0 Å². The van der Waals surface area contributed by atoms with Crippen LogP contribution in [0.3, 0.4) is 0 Å². The van der Waals surface area contributed by atoms with Crippen LogP contribution in [0.2, 0.25) is 0 Å². The van der Waals surface area contributed by atoms with E-state index < -0.39 is 0 Å². The van der Waals surface area contributed by atoms with Crippen LogP contribution in [0.1, 0.15) is 20.3 Å². The number of rotatable bonds is 5. The summed E-state index contributed by atoms with van der Waals surface area (Å²) in [6, 6.07) is 0. The highest BCUT2D eigenvalue weighted by atomic mass is 35.5. The third-order valence-electron chi connectivity index (χ3n) is 1.37. The molecule has 0 bridgehead atoms. The van der Waals surface area contributed by atoms with Crippen molar-refractivity contribution in [2.45, 2.75) is 25.8 Å². The van der Waals surface area contributed by atoms with Crippen molar-refractivity contribution < 1.29 is 4.79 Å². The Bertz CT molecular complexity index is 189. The second-order valence-electron chi connectivity index (χ2n) is 3.40. The number of hydrogen-bond donors (Lipinski definition) is 2. The molecule has 0 unspecified atom stereocenters. The van der Waals surface area contributed by atoms with Gasteiger partial charge >= 0.3 is 0 Å². The summed E-state index contributed by atoms with van der Waals surface area (Å²) >= 11 is 5.55. The molecule has 0 radical (unpaired) electrons. The lowest BCUT2D eigenvalue weighted by Crippen LogP contribution is -2.43. The smallest absolute Gasteiger partial charge is 0.219 e. The van der Waals surface area contributed by atoms with Crippen LogP contribution in [0, 0.1) is 0 Å². The molecular formula is C8H15ClN2O. The van der Waals surface area contributed by atoms with E-state index in [1.165, 1.54) is 0 Å². The quantitative estimate of drug-likeness (QED) is 0.679. The van der Waals surface area contributed by atoms with Gasteiger partial charge < -0.3 is 11.1 Å². The van der Waals surface area contributed by atoms with Crippen LogP contribution in [-0.2, 0) is 4.79 Å². The van der Waals surface area contributed by atoms with Crippen LogP contribution in [0.5, 0.6) is 0 Å². The maximum atomic E-state index is 10.6. The lowest BCUT2D eigenvalue weighted by atomic mass is 10.0. The summed E-state index contributed by atoms with van der Waals surface area (Å²) in [5.41, 5.74) is 4.73. The Kier molecular flexibility index (Phi) is 4.28. The van der Waals surface area contributed by atoms with Crippen molar-refractivity contribution in [3.05, 3.63) is 11.6 Å². The Morgan fingerprint density at radius 3 is 2.50 bits per heavy atom. The molecule has 0 aromatic heterocycles. The van der Waals surface area contributed by atoms with Gasteiger partial charge in [0.2, 0.25) is 5.91 Å². The summed E-state index contributed by atoms with van der Waals surface area (Å²) in [7, 11) is 0. The summed E-state index contributed by atoms with van der Waals surface area (Å²) in [6.07, 6.45) is 0.289. The number of primary amides is 1. The molecule has 0 heterocycles. The molecule has 1 amide bonds. The van der Waals surface area contributed by atoms with Gasteiger partial charge in [0.1, 0.15) is 0 Å². The molecule has 0 aliphatic heterocycles. The molecule has 0 saturated heterocycles. The molecule has 0 rings (SSSR count). The standard InChI is InChI=1S/C8H15ClN2O/c1-6(9)5-11-8(2,3)4-7(10)12/h11H,1,4-5H2,2-3H3,(H2,10,12). The lowest BCUT2D eigenvalue weighted by Gasteiger charge is -2.24. The van der Waals surface area contributed by atoms with Gasteiger partial charge in [0, 0.05) is 23.5 Å². The van der Waals surface area contributed by atoms with Gasteiger partial charge in [-0.25, -0.2) is 0 Å². The van der Waals surface area contributed by atoms with E-state index in [0.717, 1.165) is 0 Å². The Morgan fingerprint density at radius 2 is 2.17 bits per heavy atom. The van der Waals surface area contributed by atoms with E-state index in [-0.39, 0.29) is 17.9 Å². The van der Waals surface area contributed by atoms with Crippen molar-refractivity contribution >= 4 is 17.5 Å². The molecule has 0 atom stereocenters. The first-order valence-corrected chi connectivity index (χ1v) is 4.08. The monoisotopic (exact) mass is 190 g/mol. The van der Waals surface area contributed by atoms with Gasteiger partial charge in [0.15, 0.2) is 0 Å². The molecule has 70 valence electrons. The highest BCUT2D eigenvalue weighted by molar-refractivity contribution is 6.29. The van der Waals surface area contributed by atoms with E-state index in [1.807, 2.05) is 13.8 Å². The second kappa shape index (κ2) is 4.48. The third kappa shape index (κ3) is 6.19. The summed E-state index contributed by atoms with van der Waals surface area (Å²) in [4.78, 5) is 10.6. The molecule has 4 heteroatoms. The minimum atomic E-state index is -0.326. The predicted octanol–water partition coefficient (Wildman–Crippen LogP) is 0.982. The zero-order valence-electron chi connectivity index (χ0n) is 7.48. The number of halogens is 1. The zero-order valence-corrected chi connectivity index (χ0v) is 8.24. The molecule has 3 nitrogen and oxygen atoms in total. The molecule has 12 heavy (non-hydrogen) atoms. The summed E-state index contributed by atoms with van der Waals surface area (Å²) in [5, 5.41) is 3.58. The molecule has 0 aromatic carbocycles. The van der Waals surface area contributed by atoms with Crippen molar-refractivity contribution in [2.75, 3.05) is 6.54 Å². The Hall–Kier alpha value is -0.540. The van der Waals surface area contributed by atoms with Gasteiger partial charge in [-0.3, -0.25) is 4.79 Å². The highest BCUT2D eigenvalue weighted by Gasteiger charge is 2.19. The molecule has 0 spiro atoms. The minimum Gasteiger partial charge on any atom is -0.370 e. The Morgan fingerprint density at radius 1 is 1.67 bits per heavy atom. The highest BCUT2D eigenvalue weighted by Crippen LogP contribution is 2.08. The number of carbonyl (C=O) groups is 1. The molecule has 0 saturated carbocycles. The normalized spacial score (nSPS) is 11.2. The van der Waals surface area contributed by atoms with Gasteiger partial charge in [-0.15, -0.1) is 0 Å². The van der Waals surface area contributed by atoms with Crippen LogP contribution in [0.25, 0.3) is 0 Å². The maximum absolute atomic E-state index is 10.6. The van der Waals surface area contributed by atoms with Crippen LogP contribution >= 0.6 is 11.6 Å². The number of nitrogens with one attached hydrogen (secondary N) is 1. The fourth-order valence-electron chi connectivity index (χ4n) is 0.833. The van der Waals surface area contributed by atoms with E-state index in [2.05, 4.69) is 11.9 Å². The third-order valence-corrected chi connectivity index (χ3v) is 1.51. The molecular weight excluding hydrogens is 176 g/mol. The average molecular weight is 191 g/mol.